The van der Waals surface area contributed by atoms with Gasteiger partial charge in [-0.3, -0.25) is 9.78 Å². The Balaban J connectivity index is 1.82. The van der Waals surface area contributed by atoms with E-state index in [0.717, 1.165) is 17.5 Å². The highest BCUT2D eigenvalue weighted by molar-refractivity contribution is 6.30. The number of carbonyl (C=O) groups is 1. The molecule has 4 nitrogen and oxygen atoms in total. The molecule has 5 heteroatoms. The number of halogens is 1. The standard InChI is InChI=1S/C20H16ClN3O/c21-16-6-3-5-15(12-16)19-17-7-2-1-4-14(17)8-11-24(19)20(25)18-13-22-9-10-23-18/h1-7,9-10,12-13,19H,8,11H2. The highest BCUT2D eigenvalue weighted by Crippen LogP contribution is 2.36. The molecule has 0 saturated carbocycles. The van der Waals surface area contributed by atoms with Gasteiger partial charge in [-0.1, -0.05) is 48.0 Å². The molecule has 0 spiro atoms. The highest BCUT2D eigenvalue weighted by atomic mass is 35.5. The molecule has 2 aromatic carbocycles. The normalized spacial score (nSPS) is 16.4. The van der Waals surface area contributed by atoms with Gasteiger partial charge in [-0.15, -0.1) is 0 Å². The SMILES string of the molecule is O=C(c1cnccn1)N1CCc2ccccc2C1c1cccc(Cl)c1. The molecule has 0 fully saturated rings. The molecule has 1 aliphatic rings. The Morgan fingerprint density at radius 1 is 1.12 bits per heavy atom. The molecule has 0 N–H and O–H groups in total. The van der Waals surface area contributed by atoms with Crippen LogP contribution in [0.2, 0.25) is 5.02 Å². The molecular weight excluding hydrogens is 334 g/mol. The van der Waals surface area contributed by atoms with E-state index in [1.54, 1.807) is 12.4 Å². The molecule has 0 bridgehead atoms. The second-order valence-electron chi connectivity index (χ2n) is 6.00. The van der Waals surface area contributed by atoms with Crippen molar-refractivity contribution >= 4 is 17.5 Å². The molecule has 1 unspecified atom stereocenters. The molecule has 4 rings (SSSR count). The van der Waals surface area contributed by atoms with Crippen molar-refractivity contribution in [3.63, 3.8) is 0 Å². The van der Waals surface area contributed by atoms with Gasteiger partial charge in [-0.2, -0.15) is 0 Å². The minimum absolute atomic E-state index is 0.118. The predicted molar refractivity (Wildman–Crippen MR) is 96.5 cm³/mol. The molecular formula is C20H16ClN3O. The zero-order valence-corrected chi connectivity index (χ0v) is 14.2. The van der Waals surface area contributed by atoms with Crippen LogP contribution in [0.1, 0.15) is 33.2 Å². The molecule has 1 aliphatic heterocycles. The van der Waals surface area contributed by atoms with Crippen LogP contribution < -0.4 is 0 Å². The van der Waals surface area contributed by atoms with Crippen LogP contribution in [0, 0.1) is 0 Å². The van der Waals surface area contributed by atoms with E-state index >= 15 is 0 Å². The molecule has 0 radical (unpaired) electrons. The fraction of sp³-hybridized carbons (Fsp3) is 0.150. The zero-order valence-electron chi connectivity index (χ0n) is 13.5. The van der Waals surface area contributed by atoms with Gasteiger partial charge in [-0.05, 0) is 35.2 Å². The van der Waals surface area contributed by atoms with E-state index in [2.05, 4.69) is 22.1 Å². The number of hydrogen-bond donors (Lipinski definition) is 0. The summed E-state index contributed by atoms with van der Waals surface area (Å²) >= 11 is 6.21. The van der Waals surface area contributed by atoms with Gasteiger partial charge in [0.2, 0.25) is 0 Å². The Morgan fingerprint density at radius 2 is 2.00 bits per heavy atom. The monoisotopic (exact) mass is 349 g/mol. The van der Waals surface area contributed by atoms with Gasteiger partial charge >= 0.3 is 0 Å². The molecule has 2 heterocycles. The van der Waals surface area contributed by atoms with Crippen molar-refractivity contribution in [2.45, 2.75) is 12.5 Å². The maximum Gasteiger partial charge on any atom is 0.274 e. The van der Waals surface area contributed by atoms with Crippen molar-refractivity contribution in [1.82, 2.24) is 14.9 Å². The summed E-state index contributed by atoms with van der Waals surface area (Å²) in [5, 5.41) is 0.660. The van der Waals surface area contributed by atoms with Gasteiger partial charge in [0.05, 0.1) is 12.2 Å². The first-order valence-corrected chi connectivity index (χ1v) is 8.52. The third-order valence-electron chi connectivity index (χ3n) is 4.49. The maximum atomic E-state index is 13.1. The topological polar surface area (TPSA) is 46.1 Å². The number of nitrogens with zero attached hydrogens (tertiary/aromatic N) is 3. The van der Waals surface area contributed by atoms with Gasteiger partial charge in [0.1, 0.15) is 5.69 Å². The van der Waals surface area contributed by atoms with Gasteiger partial charge in [0.25, 0.3) is 5.91 Å². The second kappa shape index (κ2) is 6.65. The molecule has 1 amide bonds. The van der Waals surface area contributed by atoms with E-state index < -0.39 is 0 Å². The summed E-state index contributed by atoms with van der Waals surface area (Å²) in [7, 11) is 0. The first-order chi connectivity index (χ1) is 12.2. The van der Waals surface area contributed by atoms with Crippen LogP contribution in [-0.4, -0.2) is 27.3 Å². The predicted octanol–water partition coefficient (Wildman–Crippen LogP) is 3.92. The Bertz CT molecular complexity index is 914. The number of benzene rings is 2. The number of carbonyl (C=O) groups excluding carboxylic acids is 1. The van der Waals surface area contributed by atoms with E-state index in [0.29, 0.717) is 17.3 Å². The van der Waals surface area contributed by atoms with E-state index in [1.807, 2.05) is 41.3 Å². The van der Waals surface area contributed by atoms with Crippen molar-refractivity contribution in [3.05, 3.63) is 94.5 Å². The van der Waals surface area contributed by atoms with Crippen LogP contribution in [0.5, 0.6) is 0 Å². The molecule has 124 valence electrons. The van der Waals surface area contributed by atoms with Crippen molar-refractivity contribution < 1.29 is 4.79 Å². The van der Waals surface area contributed by atoms with Gasteiger partial charge in [-0.25, -0.2) is 4.98 Å². The van der Waals surface area contributed by atoms with Crippen molar-refractivity contribution in [2.75, 3.05) is 6.54 Å². The summed E-state index contributed by atoms with van der Waals surface area (Å²) in [6, 6.07) is 15.8. The summed E-state index contributed by atoms with van der Waals surface area (Å²) in [5.74, 6) is -0.118. The second-order valence-corrected chi connectivity index (χ2v) is 6.43. The lowest BCUT2D eigenvalue weighted by molar-refractivity contribution is 0.0688. The Labute approximate surface area is 151 Å². The van der Waals surface area contributed by atoms with E-state index in [9.17, 15) is 4.79 Å². The molecule has 3 aromatic rings. The fourth-order valence-corrected chi connectivity index (χ4v) is 3.58. The molecule has 25 heavy (non-hydrogen) atoms. The third kappa shape index (κ3) is 3.01. The lowest BCUT2D eigenvalue weighted by Crippen LogP contribution is -2.41. The number of fused-ring (bicyclic) bond motifs is 1. The summed E-state index contributed by atoms with van der Waals surface area (Å²) in [6.07, 6.45) is 5.44. The largest absolute Gasteiger partial charge is 0.326 e. The van der Waals surface area contributed by atoms with Crippen LogP contribution >= 0.6 is 11.6 Å². The summed E-state index contributed by atoms with van der Waals surface area (Å²) in [6.45, 7) is 0.629. The quantitative estimate of drug-likeness (QED) is 0.704. The summed E-state index contributed by atoms with van der Waals surface area (Å²) in [5.41, 5.74) is 3.75. The fourth-order valence-electron chi connectivity index (χ4n) is 3.38. The smallest absolute Gasteiger partial charge is 0.274 e. The molecule has 0 saturated heterocycles. The van der Waals surface area contributed by atoms with Crippen molar-refractivity contribution in [3.8, 4) is 0 Å². The number of aromatic nitrogens is 2. The van der Waals surface area contributed by atoms with Gasteiger partial charge in [0, 0.05) is 24.0 Å². The van der Waals surface area contributed by atoms with Crippen LogP contribution in [-0.2, 0) is 6.42 Å². The summed E-state index contributed by atoms with van der Waals surface area (Å²) in [4.78, 5) is 23.1. The Morgan fingerprint density at radius 3 is 2.80 bits per heavy atom. The average molecular weight is 350 g/mol. The van der Waals surface area contributed by atoms with Crippen molar-refractivity contribution in [2.24, 2.45) is 0 Å². The first-order valence-electron chi connectivity index (χ1n) is 8.14. The first kappa shape index (κ1) is 15.8. The van der Waals surface area contributed by atoms with Gasteiger partial charge < -0.3 is 4.90 Å². The van der Waals surface area contributed by atoms with Crippen LogP contribution in [0.4, 0.5) is 0 Å². The number of amides is 1. The number of hydrogen-bond acceptors (Lipinski definition) is 3. The zero-order chi connectivity index (χ0) is 17.2. The van der Waals surface area contributed by atoms with Crippen LogP contribution in [0.3, 0.4) is 0 Å². The van der Waals surface area contributed by atoms with Crippen molar-refractivity contribution in [1.29, 1.82) is 0 Å². The maximum absolute atomic E-state index is 13.1. The van der Waals surface area contributed by atoms with Crippen LogP contribution in [0.15, 0.2) is 67.1 Å². The minimum Gasteiger partial charge on any atom is -0.326 e. The highest BCUT2D eigenvalue weighted by Gasteiger charge is 2.33. The summed E-state index contributed by atoms with van der Waals surface area (Å²) < 4.78 is 0. The molecule has 1 atom stereocenters. The lowest BCUT2D eigenvalue weighted by atomic mass is 9.88. The molecule has 1 aromatic heterocycles. The average Bonchev–Trinajstić information content (AvgIpc) is 2.67. The van der Waals surface area contributed by atoms with Crippen LogP contribution in [0.25, 0.3) is 0 Å². The molecule has 0 aliphatic carbocycles. The van der Waals surface area contributed by atoms with E-state index in [4.69, 9.17) is 11.6 Å². The lowest BCUT2D eigenvalue weighted by Gasteiger charge is -2.37. The van der Waals surface area contributed by atoms with Gasteiger partial charge in [0.15, 0.2) is 0 Å². The Hall–Kier alpha value is -2.72. The van der Waals surface area contributed by atoms with E-state index in [1.165, 1.54) is 11.8 Å². The van der Waals surface area contributed by atoms with E-state index in [-0.39, 0.29) is 11.9 Å². The minimum atomic E-state index is -0.182. The Kier molecular flexibility index (Phi) is 4.20. The number of rotatable bonds is 2. The third-order valence-corrected chi connectivity index (χ3v) is 4.73.